The van der Waals surface area contributed by atoms with E-state index < -0.39 is 29.7 Å². The Morgan fingerprint density at radius 3 is 1.40 bits per heavy atom. The number of aliphatic hydroxyl groups is 1. The predicted octanol–water partition coefficient (Wildman–Crippen LogP) is 5.19. The summed E-state index contributed by atoms with van der Waals surface area (Å²) < 4.78 is 0. The zero-order chi connectivity index (χ0) is 28.1. The molecule has 0 aliphatic carbocycles. The van der Waals surface area contributed by atoms with Crippen LogP contribution in [-0.4, -0.2) is 51.3 Å². The fraction of sp³-hybridized carbons (Fsp3) is 0.188. The van der Waals surface area contributed by atoms with Gasteiger partial charge in [0.25, 0.3) is 23.6 Å². The standard InChI is InChI=1S/C32H27N3O5/c1-19(2)17-22(18-36)33-29(37)23-13-15-25-28-26(16-14-24(27(23)28)30(33)38)32(40)35(31(25)39)34(20-9-5-3-6-10-20)21-11-7-4-8-12-21/h3-16,19,22,36H,17-18H2,1-2H3. The second-order valence-electron chi connectivity index (χ2n) is 10.4. The fourth-order valence-electron chi connectivity index (χ4n) is 5.72. The molecule has 4 amide bonds. The Hall–Kier alpha value is -4.82. The molecule has 2 heterocycles. The Morgan fingerprint density at radius 1 is 0.625 bits per heavy atom. The van der Waals surface area contributed by atoms with Crippen LogP contribution < -0.4 is 5.01 Å². The Morgan fingerprint density at radius 2 is 1.02 bits per heavy atom. The van der Waals surface area contributed by atoms with Crippen LogP contribution in [0.4, 0.5) is 11.4 Å². The van der Waals surface area contributed by atoms with Crippen molar-refractivity contribution in [2.75, 3.05) is 11.6 Å². The summed E-state index contributed by atoms with van der Waals surface area (Å²) >= 11 is 0. The van der Waals surface area contributed by atoms with Gasteiger partial charge in [0.15, 0.2) is 0 Å². The number of benzene rings is 4. The summed E-state index contributed by atoms with van der Waals surface area (Å²) in [5.41, 5.74) is 2.14. The zero-order valence-corrected chi connectivity index (χ0v) is 22.1. The van der Waals surface area contributed by atoms with Crippen molar-refractivity contribution in [2.45, 2.75) is 26.3 Å². The van der Waals surface area contributed by atoms with Crippen LogP contribution in [0.2, 0.25) is 0 Å². The SMILES string of the molecule is CC(C)CC(CO)N1C(=O)c2ccc3c4c(ccc(c24)C1=O)C(=O)N(N(c1ccccc1)c1ccccc1)C3=O. The van der Waals surface area contributed by atoms with Crippen LogP contribution in [0, 0.1) is 5.92 Å². The highest BCUT2D eigenvalue weighted by Gasteiger charge is 2.43. The van der Waals surface area contributed by atoms with Crippen molar-refractivity contribution in [3.8, 4) is 0 Å². The number of para-hydroxylation sites is 2. The van der Waals surface area contributed by atoms with Crippen LogP contribution in [0.5, 0.6) is 0 Å². The minimum Gasteiger partial charge on any atom is -0.394 e. The Balaban J connectivity index is 1.52. The van der Waals surface area contributed by atoms with Gasteiger partial charge in [-0.2, -0.15) is 5.01 Å². The van der Waals surface area contributed by atoms with Crippen molar-refractivity contribution < 1.29 is 24.3 Å². The number of carbonyl (C=O) groups excluding carboxylic acids is 4. The number of aliphatic hydroxyl groups excluding tert-OH is 1. The molecular formula is C32H27N3O5. The summed E-state index contributed by atoms with van der Waals surface area (Å²) in [4.78, 5) is 56.6. The first-order valence-corrected chi connectivity index (χ1v) is 13.2. The molecule has 8 heteroatoms. The van der Waals surface area contributed by atoms with E-state index in [1.165, 1.54) is 12.1 Å². The second-order valence-corrected chi connectivity index (χ2v) is 10.4. The summed E-state index contributed by atoms with van der Waals surface area (Å²) in [5.74, 6) is -2.07. The number of hydrogen-bond donors (Lipinski definition) is 1. The Bertz CT molecular complexity index is 1570. The van der Waals surface area contributed by atoms with Crippen LogP contribution in [0.1, 0.15) is 61.7 Å². The summed E-state index contributed by atoms with van der Waals surface area (Å²) in [6.07, 6.45) is 0.448. The first kappa shape index (κ1) is 25.5. The van der Waals surface area contributed by atoms with Crippen molar-refractivity contribution in [2.24, 2.45) is 5.92 Å². The molecule has 1 unspecified atom stereocenters. The van der Waals surface area contributed by atoms with E-state index in [1.54, 1.807) is 17.1 Å². The highest BCUT2D eigenvalue weighted by atomic mass is 16.3. The van der Waals surface area contributed by atoms with Gasteiger partial charge in [-0.15, -0.1) is 0 Å². The molecule has 0 radical (unpaired) electrons. The third kappa shape index (κ3) is 3.79. The monoisotopic (exact) mass is 533 g/mol. The topological polar surface area (TPSA) is 98.2 Å². The van der Waals surface area contributed by atoms with E-state index in [1.807, 2.05) is 74.5 Å². The molecule has 0 saturated carbocycles. The van der Waals surface area contributed by atoms with Gasteiger partial charge in [0.05, 0.1) is 35.2 Å². The third-order valence-electron chi connectivity index (χ3n) is 7.43. The smallest absolute Gasteiger partial charge is 0.280 e. The lowest BCUT2D eigenvalue weighted by Crippen LogP contribution is -2.51. The average Bonchev–Trinajstić information content (AvgIpc) is 2.97. The van der Waals surface area contributed by atoms with Gasteiger partial charge in [0, 0.05) is 21.9 Å². The lowest BCUT2D eigenvalue weighted by molar-refractivity contribution is 0.0442. The molecule has 4 aromatic carbocycles. The van der Waals surface area contributed by atoms with Gasteiger partial charge in [-0.25, -0.2) is 5.01 Å². The van der Waals surface area contributed by atoms with E-state index in [9.17, 15) is 24.3 Å². The van der Waals surface area contributed by atoms with Crippen LogP contribution in [0.3, 0.4) is 0 Å². The maximum atomic E-state index is 14.1. The molecule has 0 bridgehead atoms. The van der Waals surface area contributed by atoms with Crippen LogP contribution in [0.15, 0.2) is 84.9 Å². The van der Waals surface area contributed by atoms with E-state index >= 15 is 0 Å². The van der Waals surface area contributed by atoms with Crippen LogP contribution in [0.25, 0.3) is 10.8 Å². The van der Waals surface area contributed by atoms with Crippen molar-refractivity contribution in [1.82, 2.24) is 9.91 Å². The molecule has 1 atom stereocenters. The van der Waals surface area contributed by atoms with Gasteiger partial charge < -0.3 is 5.11 Å². The molecule has 2 aliphatic rings. The van der Waals surface area contributed by atoms with Crippen molar-refractivity contribution in [3.05, 3.63) is 107 Å². The number of nitrogens with zero attached hydrogens (tertiary/aromatic N) is 3. The Labute approximate surface area is 231 Å². The second kappa shape index (κ2) is 9.73. The molecular weight excluding hydrogens is 506 g/mol. The van der Waals surface area contributed by atoms with Gasteiger partial charge in [-0.1, -0.05) is 50.2 Å². The van der Waals surface area contributed by atoms with Gasteiger partial charge >= 0.3 is 0 Å². The largest absolute Gasteiger partial charge is 0.394 e. The number of rotatable bonds is 7. The first-order chi connectivity index (χ1) is 19.3. The lowest BCUT2D eigenvalue weighted by Gasteiger charge is -2.39. The Kier molecular flexibility index (Phi) is 6.19. The van der Waals surface area contributed by atoms with E-state index in [-0.39, 0.29) is 34.8 Å². The normalized spacial score (nSPS) is 15.3. The highest BCUT2D eigenvalue weighted by Crippen LogP contribution is 2.40. The van der Waals surface area contributed by atoms with Gasteiger partial charge in [-0.3, -0.25) is 24.1 Å². The molecule has 4 aromatic rings. The molecule has 8 nitrogen and oxygen atoms in total. The highest BCUT2D eigenvalue weighted by molar-refractivity contribution is 6.33. The van der Waals surface area contributed by atoms with Crippen LogP contribution >= 0.6 is 0 Å². The molecule has 0 aromatic heterocycles. The maximum Gasteiger partial charge on any atom is 0.280 e. The molecule has 2 aliphatic heterocycles. The lowest BCUT2D eigenvalue weighted by atomic mass is 9.85. The quantitative estimate of drug-likeness (QED) is 0.328. The number of imide groups is 2. The number of hydrazine groups is 1. The van der Waals surface area contributed by atoms with Crippen molar-refractivity contribution in [3.63, 3.8) is 0 Å². The molecule has 0 fully saturated rings. The molecule has 200 valence electrons. The maximum absolute atomic E-state index is 14.1. The average molecular weight is 534 g/mol. The third-order valence-corrected chi connectivity index (χ3v) is 7.43. The van der Waals surface area contributed by atoms with E-state index in [0.717, 1.165) is 9.91 Å². The van der Waals surface area contributed by atoms with Crippen LogP contribution in [-0.2, 0) is 0 Å². The molecule has 40 heavy (non-hydrogen) atoms. The van der Waals surface area contributed by atoms with E-state index in [4.69, 9.17) is 0 Å². The van der Waals surface area contributed by atoms with E-state index in [2.05, 4.69) is 0 Å². The minimum atomic E-state index is -0.681. The molecule has 6 rings (SSSR count). The number of amides is 4. The zero-order valence-electron chi connectivity index (χ0n) is 22.1. The van der Waals surface area contributed by atoms with Crippen molar-refractivity contribution in [1.29, 1.82) is 0 Å². The fourth-order valence-corrected chi connectivity index (χ4v) is 5.72. The van der Waals surface area contributed by atoms with Crippen molar-refractivity contribution >= 4 is 45.8 Å². The molecule has 1 N–H and O–H groups in total. The molecule has 0 saturated heterocycles. The number of carbonyl (C=O) groups is 4. The summed E-state index contributed by atoms with van der Waals surface area (Å²) in [6, 6.07) is 23.7. The summed E-state index contributed by atoms with van der Waals surface area (Å²) in [6.45, 7) is 3.56. The summed E-state index contributed by atoms with van der Waals surface area (Å²) in [5, 5.41) is 13.3. The van der Waals surface area contributed by atoms with E-state index in [0.29, 0.717) is 28.6 Å². The first-order valence-electron chi connectivity index (χ1n) is 13.2. The number of anilines is 2. The minimum absolute atomic E-state index is 0.146. The summed E-state index contributed by atoms with van der Waals surface area (Å²) in [7, 11) is 0. The predicted molar refractivity (Wildman–Crippen MR) is 150 cm³/mol. The van der Waals surface area contributed by atoms with Gasteiger partial charge in [-0.05, 0) is 60.9 Å². The van der Waals surface area contributed by atoms with Gasteiger partial charge in [0.2, 0.25) is 0 Å². The van der Waals surface area contributed by atoms with Gasteiger partial charge in [0.1, 0.15) is 0 Å². The number of hydrogen-bond acceptors (Lipinski definition) is 6. The molecule has 0 spiro atoms.